The molecule has 0 radical (unpaired) electrons. The fourth-order valence-corrected chi connectivity index (χ4v) is 4.01. The molecular formula is C31H26N2O4. The van der Waals surface area contributed by atoms with Crippen molar-refractivity contribution in [2.45, 2.75) is 33.1 Å². The number of ether oxygens (including phenoxy) is 2. The predicted octanol–water partition coefficient (Wildman–Crippen LogP) is 8.15. The molecule has 4 aromatic rings. The zero-order valence-corrected chi connectivity index (χ0v) is 21.1. The van der Waals surface area contributed by atoms with Gasteiger partial charge in [-0.05, 0) is 96.8 Å². The number of isocyanates is 2. The van der Waals surface area contributed by atoms with Gasteiger partial charge in [-0.1, -0.05) is 38.1 Å². The van der Waals surface area contributed by atoms with Gasteiger partial charge < -0.3 is 9.47 Å². The van der Waals surface area contributed by atoms with Crippen LogP contribution < -0.4 is 9.47 Å². The normalized spacial score (nSPS) is 10.7. The zero-order valence-electron chi connectivity index (χ0n) is 21.1. The van der Waals surface area contributed by atoms with E-state index in [0.29, 0.717) is 22.9 Å². The lowest BCUT2D eigenvalue weighted by atomic mass is 9.77. The zero-order chi connectivity index (χ0) is 26.4. The number of aryl methyl sites for hydroxylation is 2. The molecule has 37 heavy (non-hydrogen) atoms. The molecule has 0 N–H and O–H groups in total. The highest BCUT2D eigenvalue weighted by Gasteiger charge is 2.25. The number of nitrogens with zero attached hydrogens (tertiary/aromatic N) is 2. The molecule has 0 aromatic heterocycles. The van der Waals surface area contributed by atoms with Crippen molar-refractivity contribution in [3.63, 3.8) is 0 Å². The van der Waals surface area contributed by atoms with Crippen LogP contribution in [0.4, 0.5) is 11.4 Å². The van der Waals surface area contributed by atoms with Crippen molar-refractivity contribution >= 4 is 23.5 Å². The molecule has 0 amide bonds. The van der Waals surface area contributed by atoms with E-state index < -0.39 is 0 Å². The summed E-state index contributed by atoms with van der Waals surface area (Å²) in [4.78, 5) is 28.0. The van der Waals surface area contributed by atoms with Gasteiger partial charge in [0.05, 0.1) is 11.4 Å². The number of hydrogen-bond acceptors (Lipinski definition) is 6. The van der Waals surface area contributed by atoms with Crippen molar-refractivity contribution in [3.05, 3.63) is 107 Å². The van der Waals surface area contributed by atoms with Gasteiger partial charge in [0, 0.05) is 5.41 Å². The lowest BCUT2D eigenvalue weighted by Crippen LogP contribution is -2.19. The highest BCUT2D eigenvalue weighted by molar-refractivity contribution is 5.53. The summed E-state index contributed by atoms with van der Waals surface area (Å²) in [7, 11) is 0. The third kappa shape index (κ3) is 5.91. The quantitative estimate of drug-likeness (QED) is 0.184. The SMILES string of the molecule is Cc1cc(C(C)(C)c2ccc(Oc3ccc(N=C=O)cc3)c(C)c2)ccc1Oc1ccc(N=C=O)cc1. The van der Waals surface area contributed by atoms with E-state index in [4.69, 9.17) is 9.47 Å². The predicted molar refractivity (Wildman–Crippen MR) is 143 cm³/mol. The average molecular weight is 491 g/mol. The van der Waals surface area contributed by atoms with Gasteiger partial charge in [-0.2, -0.15) is 9.98 Å². The second-order valence-corrected chi connectivity index (χ2v) is 9.18. The largest absolute Gasteiger partial charge is 0.457 e. The van der Waals surface area contributed by atoms with Crippen LogP contribution in [0.3, 0.4) is 0 Å². The summed E-state index contributed by atoms with van der Waals surface area (Å²) < 4.78 is 12.1. The highest BCUT2D eigenvalue weighted by atomic mass is 16.5. The lowest BCUT2D eigenvalue weighted by molar-refractivity contribution is 0.477. The Morgan fingerprint density at radius 1 is 0.595 bits per heavy atom. The number of carbonyl (C=O) groups excluding carboxylic acids is 2. The summed E-state index contributed by atoms with van der Waals surface area (Å²) >= 11 is 0. The third-order valence-electron chi connectivity index (χ3n) is 6.27. The van der Waals surface area contributed by atoms with Crippen molar-refractivity contribution in [3.8, 4) is 23.0 Å². The second kappa shape index (κ2) is 10.9. The average Bonchev–Trinajstić information content (AvgIpc) is 2.89. The molecule has 0 atom stereocenters. The standard InChI is InChI=1S/C31H26N2O4/c1-21-17-23(5-15-29(21)36-27-11-7-25(8-12-27)32-19-34)31(3,4)24-6-16-30(22(2)18-24)37-28-13-9-26(10-14-28)33-20-35/h5-18H,1-4H3. The fraction of sp³-hybridized carbons (Fsp3) is 0.161. The van der Waals surface area contributed by atoms with Crippen LogP contribution in [0.1, 0.15) is 36.1 Å². The first kappa shape index (κ1) is 25.3. The topological polar surface area (TPSA) is 77.3 Å². The van der Waals surface area contributed by atoms with Gasteiger partial charge in [-0.3, -0.25) is 0 Å². The minimum Gasteiger partial charge on any atom is -0.457 e. The summed E-state index contributed by atoms with van der Waals surface area (Å²) in [5, 5.41) is 0. The molecule has 0 spiro atoms. The molecule has 4 rings (SSSR count). The van der Waals surface area contributed by atoms with E-state index in [9.17, 15) is 9.59 Å². The van der Waals surface area contributed by atoms with Gasteiger partial charge in [-0.15, -0.1) is 0 Å². The number of aliphatic imine (C=N–C) groups is 2. The van der Waals surface area contributed by atoms with Crippen molar-refractivity contribution < 1.29 is 19.1 Å². The molecule has 0 aliphatic rings. The van der Waals surface area contributed by atoms with Crippen LogP contribution >= 0.6 is 0 Å². The fourth-order valence-electron chi connectivity index (χ4n) is 4.01. The van der Waals surface area contributed by atoms with E-state index in [0.717, 1.165) is 33.8 Å². The Kier molecular flexibility index (Phi) is 7.45. The van der Waals surface area contributed by atoms with Crippen LogP contribution in [-0.4, -0.2) is 12.2 Å². The molecule has 0 saturated carbocycles. The van der Waals surface area contributed by atoms with Gasteiger partial charge in [-0.25, -0.2) is 9.59 Å². The number of benzene rings is 4. The van der Waals surface area contributed by atoms with Crippen molar-refractivity contribution in [1.29, 1.82) is 0 Å². The molecule has 0 aliphatic heterocycles. The van der Waals surface area contributed by atoms with E-state index in [1.165, 1.54) is 12.2 Å². The van der Waals surface area contributed by atoms with E-state index in [1.54, 1.807) is 48.5 Å². The maximum atomic E-state index is 10.4. The van der Waals surface area contributed by atoms with E-state index >= 15 is 0 Å². The molecule has 6 heteroatoms. The van der Waals surface area contributed by atoms with Gasteiger partial charge in [0.1, 0.15) is 23.0 Å². The Morgan fingerprint density at radius 3 is 1.30 bits per heavy atom. The van der Waals surface area contributed by atoms with Crippen LogP contribution in [0.15, 0.2) is 94.9 Å². The number of rotatable bonds is 8. The first-order chi connectivity index (χ1) is 17.8. The van der Waals surface area contributed by atoms with E-state index in [1.807, 2.05) is 26.0 Å². The van der Waals surface area contributed by atoms with Crippen LogP contribution in [0.2, 0.25) is 0 Å². The third-order valence-corrected chi connectivity index (χ3v) is 6.27. The van der Waals surface area contributed by atoms with E-state index in [2.05, 4.69) is 48.1 Å². The summed E-state index contributed by atoms with van der Waals surface area (Å²) in [6.07, 6.45) is 3.06. The molecule has 0 bridgehead atoms. The molecular weight excluding hydrogens is 464 g/mol. The maximum Gasteiger partial charge on any atom is 0.240 e. The molecule has 0 saturated heterocycles. The number of hydrogen-bond donors (Lipinski definition) is 0. The second-order valence-electron chi connectivity index (χ2n) is 9.18. The van der Waals surface area contributed by atoms with Crippen molar-refractivity contribution in [2.24, 2.45) is 9.98 Å². The molecule has 4 aromatic carbocycles. The molecule has 0 aliphatic carbocycles. The van der Waals surface area contributed by atoms with Gasteiger partial charge in [0.15, 0.2) is 0 Å². The first-order valence-corrected chi connectivity index (χ1v) is 11.7. The Hall–Kier alpha value is -4.76. The van der Waals surface area contributed by atoms with E-state index in [-0.39, 0.29) is 5.41 Å². The van der Waals surface area contributed by atoms with Crippen LogP contribution in [0.25, 0.3) is 0 Å². The molecule has 184 valence electrons. The van der Waals surface area contributed by atoms with Gasteiger partial charge >= 0.3 is 0 Å². The Balaban J connectivity index is 1.52. The molecule has 6 nitrogen and oxygen atoms in total. The van der Waals surface area contributed by atoms with Crippen LogP contribution in [-0.2, 0) is 15.0 Å². The smallest absolute Gasteiger partial charge is 0.240 e. The minimum atomic E-state index is -0.254. The Bertz CT molecular complexity index is 1400. The van der Waals surface area contributed by atoms with Crippen molar-refractivity contribution in [2.75, 3.05) is 0 Å². The molecule has 0 heterocycles. The van der Waals surface area contributed by atoms with Gasteiger partial charge in [0.2, 0.25) is 12.2 Å². The van der Waals surface area contributed by atoms with Crippen LogP contribution in [0.5, 0.6) is 23.0 Å². The van der Waals surface area contributed by atoms with Crippen LogP contribution in [0, 0.1) is 13.8 Å². The van der Waals surface area contributed by atoms with Crippen molar-refractivity contribution in [1.82, 2.24) is 0 Å². The first-order valence-electron chi connectivity index (χ1n) is 11.7. The summed E-state index contributed by atoms with van der Waals surface area (Å²) in [6.45, 7) is 8.42. The summed E-state index contributed by atoms with van der Waals surface area (Å²) in [6, 6.07) is 26.3. The highest BCUT2D eigenvalue weighted by Crippen LogP contribution is 2.37. The minimum absolute atomic E-state index is 0.254. The molecule has 0 fully saturated rings. The monoisotopic (exact) mass is 490 g/mol. The maximum absolute atomic E-state index is 10.4. The van der Waals surface area contributed by atoms with Gasteiger partial charge in [0.25, 0.3) is 0 Å². The molecule has 0 unspecified atom stereocenters. The lowest BCUT2D eigenvalue weighted by Gasteiger charge is -2.28. The summed E-state index contributed by atoms with van der Waals surface area (Å²) in [5.74, 6) is 2.85. The Morgan fingerprint density at radius 2 is 0.973 bits per heavy atom. The summed E-state index contributed by atoms with van der Waals surface area (Å²) in [5.41, 5.74) is 5.16. The Labute approximate surface area is 215 Å².